The lowest BCUT2D eigenvalue weighted by Crippen LogP contribution is -2.48. The number of furan rings is 1. The second-order valence-electron chi connectivity index (χ2n) is 7.82. The highest BCUT2D eigenvalue weighted by atomic mass is 32.1. The Hall–Kier alpha value is -1.70. The quantitative estimate of drug-likeness (QED) is 0.743. The van der Waals surface area contributed by atoms with Crippen LogP contribution >= 0.6 is 11.3 Å². The lowest BCUT2D eigenvalue weighted by molar-refractivity contribution is 0.0595. The van der Waals surface area contributed by atoms with Crippen LogP contribution in [0.5, 0.6) is 0 Å². The lowest BCUT2D eigenvalue weighted by Gasteiger charge is -2.33. The minimum atomic E-state index is 0.0338. The summed E-state index contributed by atoms with van der Waals surface area (Å²) in [5.41, 5.74) is 2.32. The standard InChI is InChI=1S/C21H30N4O2S/c1-3-19-17(13-23-6-4-5-7-23)12-20(27-19)21(26)25-10-8-24(9-11-25)14-18-15-28-16(2)22-18/h12,15H,3-11,13-14H2,1-2H3. The summed E-state index contributed by atoms with van der Waals surface area (Å²) < 4.78 is 5.97. The Morgan fingerprint density at radius 2 is 1.82 bits per heavy atom. The van der Waals surface area contributed by atoms with Crippen LogP contribution in [-0.4, -0.2) is 64.9 Å². The normalized spacial score (nSPS) is 18.9. The predicted octanol–water partition coefficient (Wildman–Crippen LogP) is 3.16. The molecule has 2 aromatic heterocycles. The molecule has 4 rings (SSSR count). The zero-order valence-electron chi connectivity index (χ0n) is 16.9. The smallest absolute Gasteiger partial charge is 0.289 e. The van der Waals surface area contributed by atoms with Gasteiger partial charge in [0.15, 0.2) is 5.76 Å². The molecule has 4 heterocycles. The van der Waals surface area contributed by atoms with Crippen molar-refractivity contribution in [1.29, 1.82) is 0 Å². The second-order valence-corrected chi connectivity index (χ2v) is 8.88. The van der Waals surface area contributed by atoms with E-state index >= 15 is 0 Å². The van der Waals surface area contributed by atoms with E-state index in [9.17, 15) is 4.79 Å². The molecule has 2 saturated heterocycles. The van der Waals surface area contributed by atoms with Crippen LogP contribution < -0.4 is 0 Å². The maximum atomic E-state index is 13.0. The molecule has 7 heteroatoms. The van der Waals surface area contributed by atoms with E-state index < -0.39 is 0 Å². The van der Waals surface area contributed by atoms with Crippen LogP contribution in [0.2, 0.25) is 0 Å². The van der Waals surface area contributed by atoms with Gasteiger partial charge < -0.3 is 9.32 Å². The molecule has 0 saturated carbocycles. The maximum Gasteiger partial charge on any atom is 0.289 e. The molecular weight excluding hydrogens is 372 g/mol. The Morgan fingerprint density at radius 1 is 1.11 bits per heavy atom. The molecule has 0 aliphatic carbocycles. The molecule has 2 aliphatic rings. The van der Waals surface area contributed by atoms with Gasteiger partial charge in [0.05, 0.1) is 10.7 Å². The molecule has 28 heavy (non-hydrogen) atoms. The highest BCUT2D eigenvalue weighted by Crippen LogP contribution is 2.22. The van der Waals surface area contributed by atoms with Crippen LogP contribution in [0.3, 0.4) is 0 Å². The zero-order valence-corrected chi connectivity index (χ0v) is 17.8. The molecule has 2 aliphatic heterocycles. The van der Waals surface area contributed by atoms with Crippen molar-refractivity contribution < 1.29 is 9.21 Å². The van der Waals surface area contributed by atoms with Crippen LogP contribution in [0.1, 0.15) is 52.3 Å². The third-order valence-electron chi connectivity index (χ3n) is 5.73. The summed E-state index contributed by atoms with van der Waals surface area (Å²) >= 11 is 1.69. The zero-order chi connectivity index (χ0) is 19.5. The van der Waals surface area contributed by atoms with Crippen molar-refractivity contribution in [3.05, 3.63) is 39.2 Å². The average Bonchev–Trinajstić information content (AvgIpc) is 3.44. The fourth-order valence-electron chi connectivity index (χ4n) is 4.16. The first kappa shape index (κ1) is 19.6. The molecule has 1 amide bonds. The topological polar surface area (TPSA) is 52.8 Å². The number of carbonyl (C=O) groups is 1. The Balaban J connectivity index is 1.35. The van der Waals surface area contributed by atoms with E-state index in [-0.39, 0.29) is 5.91 Å². The van der Waals surface area contributed by atoms with Crippen LogP contribution in [0.15, 0.2) is 15.9 Å². The van der Waals surface area contributed by atoms with Crippen molar-refractivity contribution in [3.8, 4) is 0 Å². The number of piperazine rings is 1. The van der Waals surface area contributed by atoms with Crippen LogP contribution in [0, 0.1) is 6.92 Å². The molecule has 6 nitrogen and oxygen atoms in total. The van der Waals surface area contributed by atoms with Crippen molar-refractivity contribution in [2.75, 3.05) is 39.3 Å². The molecule has 0 N–H and O–H groups in total. The second kappa shape index (κ2) is 8.76. The number of hydrogen-bond acceptors (Lipinski definition) is 6. The fourth-order valence-corrected chi connectivity index (χ4v) is 4.77. The van der Waals surface area contributed by atoms with Gasteiger partial charge in [-0.25, -0.2) is 4.98 Å². The Kier molecular flexibility index (Phi) is 6.13. The third-order valence-corrected chi connectivity index (χ3v) is 6.56. The number of rotatable bonds is 6. The molecule has 0 bridgehead atoms. The van der Waals surface area contributed by atoms with E-state index in [0.29, 0.717) is 5.76 Å². The maximum absolute atomic E-state index is 13.0. The summed E-state index contributed by atoms with van der Waals surface area (Å²) in [5.74, 6) is 1.51. The summed E-state index contributed by atoms with van der Waals surface area (Å²) in [5, 5.41) is 3.24. The molecule has 0 spiro atoms. The van der Waals surface area contributed by atoms with E-state index in [0.717, 1.165) is 75.2 Å². The van der Waals surface area contributed by atoms with E-state index in [1.165, 1.54) is 18.4 Å². The van der Waals surface area contributed by atoms with Gasteiger partial charge in [0.2, 0.25) is 0 Å². The molecule has 152 valence electrons. The van der Waals surface area contributed by atoms with Gasteiger partial charge >= 0.3 is 0 Å². The first-order valence-corrected chi connectivity index (χ1v) is 11.3. The van der Waals surface area contributed by atoms with Crippen molar-refractivity contribution in [2.45, 2.75) is 46.2 Å². The Morgan fingerprint density at radius 3 is 2.46 bits per heavy atom. The van der Waals surface area contributed by atoms with E-state index in [1.54, 1.807) is 11.3 Å². The SMILES string of the molecule is CCc1oc(C(=O)N2CCN(Cc3csc(C)n3)CC2)cc1CN1CCCC1. The highest BCUT2D eigenvalue weighted by Gasteiger charge is 2.26. The lowest BCUT2D eigenvalue weighted by atomic mass is 10.2. The van der Waals surface area contributed by atoms with E-state index in [1.807, 2.05) is 17.9 Å². The summed E-state index contributed by atoms with van der Waals surface area (Å²) in [7, 11) is 0. The molecule has 2 aromatic rings. The van der Waals surface area contributed by atoms with E-state index in [4.69, 9.17) is 4.42 Å². The predicted molar refractivity (Wildman–Crippen MR) is 111 cm³/mol. The first-order valence-electron chi connectivity index (χ1n) is 10.4. The minimum Gasteiger partial charge on any atom is -0.456 e. The largest absolute Gasteiger partial charge is 0.456 e. The number of aromatic nitrogens is 1. The van der Waals surface area contributed by atoms with Crippen LogP contribution in [-0.2, 0) is 19.5 Å². The average molecular weight is 403 g/mol. The highest BCUT2D eigenvalue weighted by molar-refractivity contribution is 7.09. The molecule has 2 fully saturated rings. The fraction of sp³-hybridized carbons (Fsp3) is 0.619. The summed E-state index contributed by atoms with van der Waals surface area (Å²) in [6.07, 6.45) is 3.38. The molecule has 0 unspecified atom stereocenters. The molecule has 0 aromatic carbocycles. The van der Waals surface area contributed by atoms with Gasteiger partial charge in [0, 0.05) is 56.6 Å². The van der Waals surface area contributed by atoms with Crippen molar-refractivity contribution in [2.24, 2.45) is 0 Å². The van der Waals surface area contributed by atoms with Crippen LogP contribution in [0.4, 0.5) is 0 Å². The summed E-state index contributed by atoms with van der Waals surface area (Å²) in [6, 6.07) is 1.99. The number of carbonyl (C=O) groups excluding carboxylic acids is 1. The minimum absolute atomic E-state index is 0.0338. The molecular formula is C21H30N4O2S. The monoisotopic (exact) mass is 402 g/mol. The Bertz CT molecular complexity index is 801. The van der Waals surface area contributed by atoms with Gasteiger partial charge in [-0.1, -0.05) is 6.92 Å². The van der Waals surface area contributed by atoms with Gasteiger partial charge in [-0.15, -0.1) is 11.3 Å². The van der Waals surface area contributed by atoms with Gasteiger partial charge in [0.1, 0.15) is 5.76 Å². The van der Waals surface area contributed by atoms with Gasteiger partial charge in [-0.3, -0.25) is 14.6 Å². The molecule has 0 atom stereocenters. The van der Waals surface area contributed by atoms with Crippen molar-refractivity contribution in [1.82, 2.24) is 19.7 Å². The van der Waals surface area contributed by atoms with E-state index in [2.05, 4.69) is 27.1 Å². The van der Waals surface area contributed by atoms with Gasteiger partial charge in [0.25, 0.3) is 5.91 Å². The number of amides is 1. The number of likely N-dealkylation sites (tertiary alicyclic amines) is 1. The Labute approximate surface area is 171 Å². The van der Waals surface area contributed by atoms with Crippen molar-refractivity contribution in [3.63, 3.8) is 0 Å². The van der Waals surface area contributed by atoms with Gasteiger partial charge in [-0.2, -0.15) is 0 Å². The number of nitrogens with zero attached hydrogens (tertiary/aromatic N) is 4. The van der Waals surface area contributed by atoms with Crippen LogP contribution in [0.25, 0.3) is 0 Å². The molecule has 0 radical (unpaired) electrons. The van der Waals surface area contributed by atoms with Crippen molar-refractivity contribution >= 4 is 17.2 Å². The summed E-state index contributed by atoms with van der Waals surface area (Å²) in [6.45, 7) is 11.5. The third kappa shape index (κ3) is 4.47. The summed E-state index contributed by atoms with van der Waals surface area (Å²) in [4.78, 5) is 24.3. The number of thiazole rings is 1. The first-order chi connectivity index (χ1) is 13.6. The van der Waals surface area contributed by atoms with Gasteiger partial charge in [-0.05, 0) is 38.9 Å². The number of aryl methyl sites for hydroxylation is 2. The number of hydrogen-bond donors (Lipinski definition) is 0.